The van der Waals surface area contributed by atoms with Gasteiger partial charge in [-0.25, -0.2) is 0 Å². The number of nitrogens with one attached hydrogen (secondary N) is 1. The molecule has 1 aromatic rings. The molecule has 0 aliphatic rings. The van der Waals surface area contributed by atoms with Crippen LogP contribution in [-0.4, -0.2) is 32.5 Å². The molecule has 1 aromatic carbocycles. The molecule has 8 heteroatoms. The zero-order valence-electron chi connectivity index (χ0n) is 11.6. The molecule has 0 spiro atoms. The standard InChI is InChI=1S/C13H15BrF3NO3/c1-7(12(20-2)21-3)18-11(19)8-4-5-10(14)9(6-8)13(15,16)17/h4-7,12H,1-3H3,(H,18,19). The first-order valence-electron chi connectivity index (χ1n) is 5.94. The van der Waals surface area contributed by atoms with E-state index in [2.05, 4.69) is 21.2 Å². The maximum atomic E-state index is 12.8. The Labute approximate surface area is 128 Å². The predicted octanol–water partition coefficient (Wildman–Crippen LogP) is 3.21. The van der Waals surface area contributed by atoms with Crippen LogP contribution in [0.15, 0.2) is 22.7 Å². The van der Waals surface area contributed by atoms with Crippen LogP contribution in [0.2, 0.25) is 0 Å². The SMILES string of the molecule is COC(OC)C(C)NC(=O)c1ccc(Br)c(C(F)(F)F)c1. The van der Waals surface area contributed by atoms with E-state index in [0.717, 1.165) is 6.07 Å². The highest BCUT2D eigenvalue weighted by molar-refractivity contribution is 9.10. The fourth-order valence-electron chi connectivity index (χ4n) is 1.75. The van der Waals surface area contributed by atoms with Crippen LogP contribution in [0.25, 0.3) is 0 Å². The summed E-state index contributed by atoms with van der Waals surface area (Å²) < 4.78 is 48.2. The van der Waals surface area contributed by atoms with E-state index in [4.69, 9.17) is 9.47 Å². The number of methoxy groups -OCH3 is 2. The maximum Gasteiger partial charge on any atom is 0.417 e. The van der Waals surface area contributed by atoms with E-state index in [9.17, 15) is 18.0 Å². The molecule has 0 aliphatic carbocycles. The highest BCUT2D eigenvalue weighted by atomic mass is 79.9. The molecule has 0 bridgehead atoms. The van der Waals surface area contributed by atoms with E-state index in [-0.39, 0.29) is 10.0 Å². The second-order valence-electron chi connectivity index (χ2n) is 4.29. The van der Waals surface area contributed by atoms with Crippen molar-refractivity contribution in [1.82, 2.24) is 5.32 Å². The Bertz CT molecular complexity index is 504. The summed E-state index contributed by atoms with van der Waals surface area (Å²) in [5.74, 6) is -0.639. The minimum atomic E-state index is -4.54. The number of hydrogen-bond acceptors (Lipinski definition) is 3. The summed E-state index contributed by atoms with van der Waals surface area (Å²) >= 11 is 2.82. The van der Waals surface area contributed by atoms with Gasteiger partial charge in [0.1, 0.15) is 0 Å². The zero-order chi connectivity index (χ0) is 16.2. The van der Waals surface area contributed by atoms with Crippen LogP contribution in [0.5, 0.6) is 0 Å². The van der Waals surface area contributed by atoms with E-state index in [0.29, 0.717) is 0 Å². The van der Waals surface area contributed by atoms with Crippen molar-refractivity contribution < 1.29 is 27.4 Å². The first kappa shape index (κ1) is 17.9. The second-order valence-corrected chi connectivity index (χ2v) is 5.15. The Morgan fingerprint density at radius 2 is 1.86 bits per heavy atom. The molecule has 0 radical (unpaired) electrons. The number of amides is 1. The molecule has 4 nitrogen and oxygen atoms in total. The lowest BCUT2D eigenvalue weighted by molar-refractivity contribution is -0.138. The Kier molecular flexibility index (Phi) is 6.18. The maximum absolute atomic E-state index is 12.8. The third kappa shape index (κ3) is 4.69. The van der Waals surface area contributed by atoms with Gasteiger partial charge in [0.25, 0.3) is 5.91 Å². The van der Waals surface area contributed by atoms with Crippen molar-refractivity contribution in [2.45, 2.75) is 25.4 Å². The lowest BCUT2D eigenvalue weighted by atomic mass is 10.1. The van der Waals surface area contributed by atoms with Crippen LogP contribution in [0.4, 0.5) is 13.2 Å². The van der Waals surface area contributed by atoms with E-state index in [1.165, 1.54) is 26.4 Å². The number of carbonyl (C=O) groups excluding carboxylic acids is 1. The molecule has 1 rings (SSSR count). The number of carbonyl (C=O) groups is 1. The molecular weight excluding hydrogens is 355 g/mol. The van der Waals surface area contributed by atoms with Gasteiger partial charge in [-0.2, -0.15) is 13.2 Å². The number of ether oxygens (including phenoxy) is 2. The van der Waals surface area contributed by atoms with Gasteiger partial charge in [0, 0.05) is 24.3 Å². The summed E-state index contributed by atoms with van der Waals surface area (Å²) in [6, 6.07) is 2.76. The van der Waals surface area contributed by atoms with Crippen molar-refractivity contribution in [3.63, 3.8) is 0 Å². The molecule has 1 amide bonds. The number of halogens is 4. The largest absolute Gasteiger partial charge is 0.417 e. The number of benzene rings is 1. The molecule has 1 N–H and O–H groups in total. The van der Waals surface area contributed by atoms with E-state index < -0.39 is 30.0 Å². The molecule has 0 fully saturated rings. The van der Waals surface area contributed by atoms with Crippen molar-refractivity contribution >= 4 is 21.8 Å². The fourth-order valence-corrected chi connectivity index (χ4v) is 2.22. The smallest absolute Gasteiger partial charge is 0.354 e. The average Bonchev–Trinajstić information content (AvgIpc) is 2.39. The summed E-state index contributed by atoms with van der Waals surface area (Å²) in [6.07, 6.45) is -5.23. The Hall–Kier alpha value is -1.12. The van der Waals surface area contributed by atoms with Gasteiger partial charge >= 0.3 is 6.18 Å². The Morgan fingerprint density at radius 1 is 1.29 bits per heavy atom. The van der Waals surface area contributed by atoms with Gasteiger partial charge in [-0.3, -0.25) is 4.79 Å². The summed E-state index contributed by atoms with van der Waals surface area (Å²) in [5.41, 5.74) is -0.999. The number of alkyl halides is 3. The van der Waals surface area contributed by atoms with Crippen molar-refractivity contribution in [1.29, 1.82) is 0 Å². The average molecular weight is 370 g/mol. The number of hydrogen-bond donors (Lipinski definition) is 1. The first-order chi connectivity index (χ1) is 9.70. The van der Waals surface area contributed by atoms with Crippen molar-refractivity contribution in [2.75, 3.05) is 14.2 Å². The minimum absolute atomic E-state index is 0.0941. The number of rotatable bonds is 5. The molecule has 1 unspecified atom stereocenters. The summed E-state index contributed by atoms with van der Waals surface area (Å²) in [7, 11) is 2.80. The fraction of sp³-hybridized carbons (Fsp3) is 0.462. The zero-order valence-corrected chi connectivity index (χ0v) is 13.2. The van der Waals surface area contributed by atoms with Gasteiger partial charge in [0.2, 0.25) is 0 Å². The molecule has 0 aromatic heterocycles. The van der Waals surface area contributed by atoms with Gasteiger partial charge in [-0.15, -0.1) is 0 Å². The quantitative estimate of drug-likeness (QED) is 0.810. The molecule has 0 saturated heterocycles. The molecule has 0 aliphatic heterocycles. The van der Waals surface area contributed by atoms with E-state index in [1.807, 2.05) is 0 Å². The van der Waals surface area contributed by atoms with Crippen molar-refractivity contribution in [3.8, 4) is 0 Å². The lowest BCUT2D eigenvalue weighted by Gasteiger charge is -2.22. The van der Waals surface area contributed by atoms with Gasteiger partial charge < -0.3 is 14.8 Å². The highest BCUT2D eigenvalue weighted by Gasteiger charge is 2.33. The van der Waals surface area contributed by atoms with Crippen molar-refractivity contribution in [2.24, 2.45) is 0 Å². The summed E-state index contributed by atoms with van der Waals surface area (Å²) in [5, 5.41) is 2.52. The third-order valence-corrected chi connectivity index (χ3v) is 3.46. The highest BCUT2D eigenvalue weighted by Crippen LogP contribution is 2.35. The molecule has 1 atom stereocenters. The normalized spacial score (nSPS) is 13.3. The molecule has 21 heavy (non-hydrogen) atoms. The molecule has 0 heterocycles. The van der Waals surface area contributed by atoms with Crippen LogP contribution in [0.3, 0.4) is 0 Å². The monoisotopic (exact) mass is 369 g/mol. The van der Waals surface area contributed by atoms with Crippen molar-refractivity contribution in [3.05, 3.63) is 33.8 Å². The van der Waals surface area contributed by atoms with E-state index >= 15 is 0 Å². The van der Waals surface area contributed by atoms with Crippen LogP contribution in [0.1, 0.15) is 22.8 Å². The first-order valence-corrected chi connectivity index (χ1v) is 6.73. The summed E-state index contributed by atoms with van der Waals surface area (Å²) in [6.45, 7) is 1.62. The van der Waals surface area contributed by atoms with Gasteiger partial charge in [0.15, 0.2) is 6.29 Å². The van der Waals surface area contributed by atoms with Gasteiger partial charge in [0.05, 0.1) is 11.6 Å². The van der Waals surface area contributed by atoms with Crippen LogP contribution in [-0.2, 0) is 15.7 Å². The van der Waals surface area contributed by atoms with Crippen LogP contribution >= 0.6 is 15.9 Å². The predicted molar refractivity (Wildman–Crippen MR) is 73.9 cm³/mol. The van der Waals surface area contributed by atoms with Crippen LogP contribution < -0.4 is 5.32 Å². The Morgan fingerprint density at radius 3 is 2.33 bits per heavy atom. The second kappa shape index (κ2) is 7.24. The van der Waals surface area contributed by atoms with Gasteiger partial charge in [-0.05, 0) is 25.1 Å². The summed E-state index contributed by atoms with van der Waals surface area (Å²) in [4.78, 5) is 12.0. The van der Waals surface area contributed by atoms with Crippen LogP contribution in [0, 0.1) is 0 Å². The van der Waals surface area contributed by atoms with Gasteiger partial charge in [-0.1, -0.05) is 15.9 Å². The van der Waals surface area contributed by atoms with E-state index in [1.54, 1.807) is 6.92 Å². The molecule has 118 valence electrons. The lowest BCUT2D eigenvalue weighted by Crippen LogP contribution is -2.43. The molecule has 0 saturated carbocycles. The Balaban J connectivity index is 2.94. The third-order valence-electron chi connectivity index (χ3n) is 2.77. The minimum Gasteiger partial charge on any atom is -0.354 e. The topological polar surface area (TPSA) is 47.6 Å². The molecular formula is C13H15BrF3NO3.